The third kappa shape index (κ3) is 4.93. The van der Waals surface area contributed by atoms with E-state index in [1.54, 1.807) is 30.0 Å². The van der Waals surface area contributed by atoms with Crippen molar-refractivity contribution in [1.29, 1.82) is 0 Å². The first-order chi connectivity index (χ1) is 17.1. The number of aromatic nitrogens is 4. The lowest BCUT2D eigenvalue weighted by molar-refractivity contribution is 0.461. The Morgan fingerprint density at radius 1 is 1.20 bits per heavy atom. The van der Waals surface area contributed by atoms with E-state index >= 15 is 0 Å². The first-order valence-corrected chi connectivity index (χ1v) is 11.9. The number of nitrogens with one attached hydrogen (secondary N) is 2. The fraction of sp³-hybridized carbons (Fsp3) is 0.286. The van der Waals surface area contributed by atoms with Crippen molar-refractivity contribution in [2.75, 3.05) is 18.4 Å². The van der Waals surface area contributed by atoms with Crippen LogP contribution in [0.25, 0.3) is 11.0 Å². The van der Waals surface area contributed by atoms with Crippen LogP contribution in [0.2, 0.25) is 0 Å². The normalized spacial score (nSPS) is 15.4. The maximum Gasteiger partial charge on any atom is 0.268 e. The number of benzene rings is 1. The van der Waals surface area contributed by atoms with Crippen molar-refractivity contribution in [2.24, 2.45) is 0 Å². The van der Waals surface area contributed by atoms with E-state index in [1.807, 2.05) is 19.1 Å². The third-order valence-corrected chi connectivity index (χ3v) is 6.45. The average molecular weight is 465 g/mol. The van der Waals surface area contributed by atoms with Gasteiger partial charge in [0.05, 0.1) is 17.8 Å². The summed E-state index contributed by atoms with van der Waals surface area (Å²) < 4.78 is 1.64. The summed E-state index contributed by atoms with van der Waals surface area (Å²) in [5.41, 5.74) is 4.85. The van der Waals surface area contributed by atoms with Crippen LogP contribution in [-0.2, 0) is 6.54 Å². The van der Waals surface area contributed by atoms with E-state index in [2.05, 4.69) is 56.7 Å². The standard InChI is InChI=1S/C28H28N6O/c1-3-6-21-15-23-17-31-28(32-24-11-9-20(10-12-24)22-8-5-13-29-16-22)33-26(23)34(27(21)35)18-25-19(2)7-4-14-30-25/h4,7,9-12,14-15,17,22,29H,5,8,13,16,18H2,1-2H3,(H,31,32,33). The molecule has 7 heteroatoms. The van der Waals surface area contributed by atoms with Crippen LogP contribution in [0, 0.1) is 18.8 Å². The Morgan fingerprint density at radius 2 is 2.06 bits per heavy atom. The maximum absolute atomic E-state index is 13.3. The molecule has 2 N–H and O–H groups in total. The van der Waals surface area contributed by atoms with Gasteiger partial charge in [0.1, 0.15) is 5.65 Å². The molecule has 1 aromatic carbocycles. The molecule has 1 fully saturated rings. The molecule has 7 nitrogen and oxygen atoms in total. The number of nitrogens with zero attached hydrogens (tertiary/aromatic N) is 4. The van der Waals surface area contributed by atoms with Crippen molar-refractivity contribution < 1.29 is 0 Å². The Balaban J connectivity index is 1.49. The Hall–Kier alpha value is -4.02. The summed E-state index contributed by atoms with van der Waals surface area (Å²) in [4.78, 5) is 27.0. The van der Waals surface area contributed by atoms with Gasteiger partial charge in [0.15, 0.2) is 0 Å². The Kier molecular flexibility index (Phi) is 6.55. The Labute approximate surface area is 204 Å². The zero-order chi connectivity index (χ0) is 24.2. The molecule has 35 heavy (non-hydrogen) atoms. The molecular weight excluding hydrogens is 436 g/mol. The number of aryl methyl sites for hydroxylation is 1. The van der Waals surface area contributed by atoms with Crippen molar-refractivity contribution in [1.82, 2.24) is 24.8 Å². The number of hydrogen-bond acceptors (Lipinski definition) is 6. The van der Waals surface area contributed by atoms with Crippen LogP contribution in [0.4, 0.5) is 11.6 Å². The molecular formula is C28H28N6O. The van der Waals surface area contributed by atoms with Gasteiger partial charge in [-0.15, -0.1) is 5.92 Å². The summed E-state index contributed by atoms with van der Waals surface area (Å²) in [5.74, 6) is 6.73. The molecule has 0 spiro atoms. The van der Waals surface area contributed by atoms with Gasteiger partial charge in [0.2, 0.25) is 5.95 Å². The van der Waals surface area contributed by atoms with Crippen LogP contribution in [0.5, 0.6) is 0 Å². The quantitative estimate of drug-likeness (QED) is 0.432. The van der Waals surface area contributed by atoms with Gasteiger partial charge in [0.25, 0.3) is 5.56 Å². The van der Waals surface area contributed by atoms with Gasteiger partial charge in [-0.25, -0.2) is 4.98 Å². The maximum atomic E-state index is 13.3. The molecule has 5 rings (SSSR count). The van der Waals surface area contributed by atoms with Gasteiger partial charge < -0.3 is 10.6 Å². The minimum absolute atomic E-state index is 0.188. The first kappa shape index (κ1) is 22.8. The highest BCUT2D eigenvalue weighted by Gasteiger charge is 2.16. The van der Waals surface area contributed by atoms with Crippen LogP contribution in [0.3, 0.4) is 0 Å². The number of hydrogen-bond donors (Lipinski definition) is 2. The minimum Gasteiger partial charge on any atom is -0.324 e. The number of piperidine rings is 1. The second-order valence-corrected chi connectivity index (χ2v) is 8.85. The van der Waals surface area contributed by atoms with E-state index in [1.165, 1.54) is 18.4 Å². The van der Waals surface area contributed by atoms with E-state index in [0.717, 1.165) is 35.4 Å². The lowest BCUT2D eigenvalue weighted by Crippen LogP contribution is -2.28. The molecule has 0 saturated carbocycles. The number of fused-ring (bicyclic) bond motifs is 1. The van der Waals surface area contributed by atoms with E-state index in [-0.39, 0.29) is 5.56 Å². The van der Waals surface area contributed by atoms with Gasteiger partial charge in [-0.3, -0.25) is 14.3 Å². The van der Waals surface area contributed by atoms with E-state index in [9.17, 15) is 4.79 Å². The molecule has 0 radical (unpaired) electrons. The summed E-state index contributed by atoms with van der Waals surface area (Å²) >= 11 is 0. The summed E-state index contributed by atoms with van der Waals surface area (Å²) in [6.07, 6.45) is 5.89. The van der Waals surface area contributed by atoms with Crippen LogP contribution in [0.1, 0.15) is 48.1 Å². The van der Waals surface area contributed by atoms with Gasteiger partial charge in [-0.05, 0) is 74.5 Å². The van der Waals surface area contributed by atoms with E-state index in [4.69, 9.17) is 4.98 Å². The lowest BCUT2D eigenvalue weighted by Gasteiger charge is -2.23. The molecule has 1 saturated heterocycles. The molecule has 1 aliphatic rings. The zero-order valence-corrected chi connectivity index (χ0v) is 20.0. The highest BCUT2D eigenvalue weighted by Crippen LogP contribution is 2.25. The van der Waals surface area contributed by atoms with Crippen molar-refractivity contribution in [3.8, 4) is 11.8 Å². The smallest absolute Gasteiger partial charge is 0.268 e. The second-order valence-electron chi connectivity index (χ2n) is 8.85. The highest BCUT2D eigenvalue weighted by atomic mass is 16.1. The molecule has 1 atom stereocenters. The Bertz CT molecular complexity index is 1470. The van der Waals surface area contributed by atoms with Crippen LogP contribution >= 0.6 is 0 Å². The molecule has 176 valence electrons. The summed E-state index contributed by atoms with van der Waals surface area (Å²) in [5, 5.41) is 7.51. The number of pyridine rings is 2. The predicted octanol–water partition coefficient (Wildman–Crippen LogP) is 4.13. The monoisotopic (exact) mass is 464 g/mol. The van der Waals surface area contributed by atoms with E-state index in [0.29, 0.717) is 29.6 Å². The molecule has 0 aliphatic carbocycles. The van der Waals surface area contributed by atoms with Gasteiger partial charge >= 0.3 is 0 Å². The van der Waals surface area contributed by atoms with Gasteiger partial charge in [0, 0.05) is 30.0 Å². The van der Waals surface area contributed by atoms with Crippen molar-refractivity contribution in [2.45, 2.75) is 39.2 Å². The molecule has 0 amide bonds. The third-order valence-electron chi connectivity index (χ3n) is 6.45. The summed E-state index contributed by atoms with van der Waals surface area (Å²) in [6.45, 7) is 6.14. The first-order valence-electron chi connectivity index (χ1n) is 11.9. The Morgan fingerprint density at radius 3 is 2.80 bits per heavy atom. The SMILES string of the molecule is CC#Cc1cc2cnc(Nc3ccc(C4CCCNC4)cc3)nc2n(Cc2ncccc2C)c1=O. The van der Waals surface area contributed by atoms with Crippen molar-refractivity contribution in [3.05, 3.63) is 87.6 Å². The molecule has 4 heterocycles. The predicted molar refractivity (Wildman–Crippen MR) is 139 cm³/mol. The fourth-order valence-electron chi connectivity index (χ4n) is 4.53. The number of rotatable bonds is 5. The molecule has 1 unspecified atom stereocenters. The summed E-state index contributed by atoms with van der Waals surface area (Å²) in [7, 11) is 0. The average Bonchev–Trinajstić information content (AvgIpc) is 2.89. The van der Waals surface area contributed by atoms with Crippen LogP contribution in [0.15, 0.2) is 59.7 Å². The molecule has 0 bridgehead atoms. The lowest BCUT2D eigenvalue weighted by atomic mass is 9.92. The molecule has 3 aromatic heterocycles. The topological polar surface area (TPSA) is 84.7 Å². The fourth-order valence-corrected chi connectivity index (χ4v) is 4.53. The zero-order valence-electron chi connectivity index (χ0n) is 20.0. The molecule has 4 aromatic rings. The van der Waals surface area contributed by atoms with Gasteiger partial charge in [-0.2, -0.15) is 4.98 Å². The van der Waals surface area contributed by atoms with Crippen LogP contribution in [-0.4, -0.2) is 32.6 Å². The van der Waals surface area contributed by atoms with Crippen LogP contribution < -0.4 is 16.2 Å². The van der Waals surface area contributed by atoms with Crippen molar-refractivity contribution >= 4 is 22.7 Å². The van der Waals surface area contributed by atoms with Gasteiger partial charge in [-0.1, -0.05) is 24.1 Å². The summed E-state index contributed by atoms with van der Waals surface area (Å²) in [6, 6.07) is 14.1. The second kappa shape index (κ2) is 10.1. The van der Waals surface area contributed by atoms with E-state index < -0.39 is 0 Å². The number of anilines is 2. The van der Waals surface area contributed by atoms with Crippen molar-refractivity contribution in [3.63, 3.8) is 0 Å². The largest absolute Gasteiger partial charge is 0.324 e. The highest BCUT2D eigenvalue weighted by molar-refractivity contribution is 5.77. The minimum atomic E-state index is -0.188. The molecule has 1 aliphatic heterocycles.